The number of hydrogen-bond acceptors (Lipinski definition) is 6. The van der Waals surface area contributed by atoms with Crippen LogP contribution in [0.1, 0.15) is 24.4 Å². The Morgan fingerprint density at radius 2 is 1.86 bits per heavy atom. The van der Waals surface area contributed by atoms with Gasteiger partial charge in [0.2, 0.25) is 17.6 Å². The molecular weight excluding hydrogens is 356 g/mol. The number of ether oxygens (including phenoxy) is 1. The lowest BCUT2D eigenvalue weighted by Crippen LogP contribution is -2.30. The number of nitrogens with one attached hydrogen (secondary N) is 1. The minimum atomic E-state index is -0.407. The second-order valence-corrected chi connectivity index (χ2v) is 6.67. The molecule has 0 aliphatic rings. The number of amides is 1. The normalized spacial score (nSPS) is 11.8. The number of carbonyl (C=O) groups excluding carboxylic acids is 1. The van der Waals surface area contributed by atoms with Crippen LogP contribution in [0.5, 0.6) is 0 Å². The molecule has 1 amide bonds. The van der Waals surface area contributed by atoms with E-state index in [0.717, 1.165) is 16.8 Å². The quantitative estimate of drug-likeness (QED) is 0.646. The molecule has 0 aliphatic carbocycles. The van der Waals surface area contributed by atoms with E-state index in [0.29, 0.717) is 18.3 Å². The van der Waals surface area contributed by atoms with Crippen LogP contribution >= 0.6 is 0 Å². The van der Waals surface area contributed by atoms with E-state index < -0.39 is 6.04 Å². The van der Waals surface area contributed by atoms with E-state index in [4.69, 9.17) is 9.26 Å². The van der Waals surface area contributed by atoms with Crippen molar-refractivity contribution in [3.05, 3.63) is 66.1 Å². The third kappa shape index (κ3) is 5.17. The summed E-state index contributed by atoms with van der Waals surface area (Å²) in [4.78, 5) is 18.5. The van der Waals surface area contributed by atoms with Crippen molar-refractivity contribution in [1.29, 1.82) is 0 Å². The molecule has 0 radical (unpaired) electrons. The van der Waals surface area contributed by atoms with E-state index in [2.05, 4.69) is 15.5 Å². The van der Waals surface area contributed by atoms with Crippen molar-refractivity contribution in [3.8, 4) is 11.4 Å². The molecule has 0 spiro atoms. The van der Waals surface area contributed by atoms with Crippen LogP contribution in [-0.4, -0.2) is 36.8 Å². The van der Waals surface area contributed by atoms with Crippen LogP contribution in [0.2, 0.25) is 0 Å². The Bertz CT molecular complexity index is 892. The molecule has 0 saturated carbocycles. The number of rotatable bonds is 8. The van der Waals surface area contributed by atoms with Gasteiger partial charge in [-0.15, -0.1) is 0 Å². The van der Waals surface area contributed by atoms with E-state index in [9.17, 15) is 4.79 Å². The molecule has 146 valence electrons. The first-order valence-electron chi connectivity index (χ1n) is 9.05. The van der Waals surface area contributed by atoms with E-state index >= 15 is 0 Å². The average Bonchev–Trinajstić information content (AvgIpc) is 3.19. The fourth-order valence-electron chi connectivity index (χ4n) is 2.62. The summed E-state index contributed by atoms with van der Waals surface area (Å²) in [5, 5.41) is 6.81. The molecule has 0 saturated heterocycles. The van der Waals surface area contributed by atoms with Gasteiger partial charge in [0.15, 0.2) is 0 Å². The highest BCUT2D eigenvalue weighted by Gasteiger charge is 2.17. The first-order chi connectivity index (χ1) is 13.5. The average molecular weight is 380 g/mol. The molecule has 0 bridgehead atoms. The summed E-state index contributed by atoms with van der Waals surface area (Å²) in [5.41, 5.74) is 2.96. The van der Waals surface area contributed by atoms with Gasteiger partial charge in [-0.25, -0.2) is 0 Å². The molecule has 1 aromatic heterocycles. The molecule has 0 fully saturated rings. The predicted molar refractivity (Wildman–Crippen MR) is 107 cm³/mol. The number of hydrogen-bond donors (Lipinski definition) is 1. The van der Waals surface area contributed by atoms with Gasteiger partial charge in [-0.2, -0.15) is 4.98 Å². The Balaban J connectivity index is 1.52. The van der Waals surface area contributed by atoms with Crippen LogP contribution in [0.25, 0.3) is 11.4 Å². The van der Waals surface area contributed by atoms with E-state index in [1.165, 1.54) is 0 Å². The maximum Gasteiger partial charge on any atom is 0.249 e. The Morgan fingerprint density at radius 1 is 1.14 bits per heavy atom. The van der Waals surface area contributed by atoms with Crippen LogP contribution in [0.4, 0.5) is 5.69 Å². The van der Waals surface area contributed by atoms with Crippen molar-refractivity contribution in [3.63, 3.8) is 0 Å². The first kappa shape index (κ1) is 19.6. The van der Waals surface area contributed by atoms with Crippen LogP contribution in [0.15, 0.2) is 59.1 Å². The molecular formula is C21H24N4O3. The highest BCUT2D eigenvalue weighted by atomic mass is 16.5. The molecule has 7 nitrogen and oxygen atoms in total. The zero-order valence-electron chi connectivity index (χ0n) is 16.3. The van der Waals surface area contributed by atoms with Crippen molar-refractivity contribution in [2.24, 2.45) is 0 Å². The van der Waals surface area contributed by atoms with Crippen molar-refractivity contribution < 1.29 is 14.1 Å². The largest absolute Gasteiger partial charge is 0.378 e. The summed E-state index contributed by atoms with van der Waals surface area (Å²) in [6.07, 6.45) is 0. The van der Waals surface area contributed by atoms with Crippen molar-refractivity contribution >= 4 is 11.6 Å². The molecule has 1 heterocycles. The zero-order valence-corrected chi connectivity index (χ0v) is 16.3. The highest BCUT2D eigenvalue weighted by Crippen LogP contribution is 2.21. The third-order valence-corrected chi connectivity index (χ3v) is 4.18. The van der Waals surface area contributed by atoms with Gasteiger partial charge < -0.3 is 19.5 Å². The van der Waals surface area contributed by atoms with E-state index in [1.807, 2.05) is 73.6 Å². The summed E-state index contributed by atoms with van der Waals surface area (Å²) in [6, 6.07) is 17.1. The lowest BCUT2D eigenvalue weighted by molar-refractivity contribution is -0.126. The molecule has 7 heteroatoms. The third-order valence-electron chi connectivity index (χ3n) is 4.18. The Labute approximate surface area is 164 Å². The smallest absolute Gasteiger partial charge is 0.249 e. The van der Waals surface area contributed by atoms with Gasteiger partial charge in [-0.1, -0.05) is 35.5 Å². The fraction of sp³-hybridized carbons (Fsp3) is 0.286. The first-order valence-corrected chi connectivity index (χ1v) is 9.05. The van der Waals surface area contributed by atoms with Crippen molar-refractivity contribution in [1.82, 2.24) is 15.5 Å². The van der Waals surface area contributed by atoms with Crippen LogP contribution in [0, 0.1) is 0 Å². The van der Waals surface area contributed by atoms with Gasteiger partial charge >= 0.3 is 0 Å². The molecule has 1 N–H and O–H groups in total. The number of aromatic nitrogens is 2. The van der Waals surface area contributed by atoms with Crippen molar-refractivity contribution in [2.75, 3.05) is 25.6 Å². The van der Waals surface area contributed by atoms with Gasteiger partial charge in [0.1, 0.15) is 12.6 Å². The maximum absolute atomic E-state index is 12.1. The number of carbonyl (C=O) groups is 1. The zero-order chi connectivity index (χ0) is 19.9. The van der Waals surface area contributed by atoms with Crippen molar-refractivity contribution in [2.45, 2.75) is 19.6 Å². The fourth-order valence-corrected chi connectivity index (χ4v) is 2.62. The SMILES string of the molecule is CC(NC(=O)COCc1ccccc1)c1nc(-c2ccc(N(C)C)cc2)no1. The maximum atomic E-state index is 12.1. The van der Waals surface area contributed by atoms with Gasteiger partial charge in [-0.3, -0.25) is 4.79 Å². The second kappa shape index (κ2) is 9.14. The minimum Gasteiger partial charge on any atom is -0.378 e. The molecule has 28 heavy (non-hydrogen) atoms. The Kier molecular flexibility index (Phi) is 6.39. The molecule has 0 aliphatic heterocycles. The Morgan fingerprint density at radius 3 is 2.54 bits per heavy atom. The number of nitrogens with zero attached hydrogens (tertiary/aromatic N) is 3. The summed E-state index contributed by atoms with van der Waals surface area (Å²) in [7, 11) is 3.96. The van der Waals surface area contributed by atoms with Crippen LogP contribution in [0.3, 0.4) is 0 Å². The van der Waals surface area contributed by atoms with E-state index in [-0.39, 0.29) is 12.5 Å². The summed E-state index contributed by atoms with van der Waals surface area (Å²) >= 11 is 0. The van der Waals surface area contributed by atoms with Gasteiger partial charge in [0.05, 0.1) is 6.61 Å². The molecule has 1 atom stereocenters. The Hall–Kier alpha value is -3.19. The predicted octanol–water partition coefficient (Wildman–Crippen LogP) is 3.20. The standard InChI is InChI=1S/C21H24N4O3/c1-15(22-19(26)14-27-13-16-7-5-4-6-8-16)21-23-20(24-28-21)17-9-11-18(12-10-17)25(2)3/h4-12,15H,13-14H2,1-3H3,(H,22,26). The lowest BCUT2D eigenvalue weighted by atomic mass is 10.2. The monoisotopic (exact) mass is 380 g/mol. The molecule has 1 unspecified atom stereocenters. The number of anilines is 1. The second-order valence-electron chi connectivity index (χ2n) is 6.67. The number of benzene rings is 2. The van der Waals surface area contributed by atoms with E-state index in [1.54, 1.807) is 6.92 Å². The van der Waals surface area contributed by atoms with Gasteiger partial charge in [-0.05, 0) is 36.8 Å². The molecule has 3 rings (SSSR count). The van der Waals surface area contributed by atoms with Crippen LogP contribution < -0.4 is 10.2 Å². The topological polar surface area (TPSA) is 80.5 Å². The molecule has 2 aromatic carbocycles. The summed E-state index contributed by atoms with van der Waals surface area (Å²) < 4.78 is 10.7. The van der Waals surface area contributed by atoms with Crippen LogP contribution in [-0.2, 0) is 16.1 Å². The van der Waals surface area contributed by atoms with Gasteiger partial charge in [0, 0.05) is 25.3 Å². The lowest BCUT2D eigenvalue weighted by Gasteiger charge is -2.11. The highest BCUT2D eigenvalue weighted by molar-refractivity contribution is 5.77. The van der Waals surface area contributed by atoms with Gasteiger partial charge in [0.25, 0.3) is 0 Å². The molecule has 3 aromatic rings. The summed E-state index contributed by atoms with van der Waals surface area (Å²) in [5.74, 6) is 0.600. The summed E-state index contributed by atoms with van der Waals surface area (Å²) in [6.45, 7) is 2.14. The minimum absolute atomic E-state index is 0.0355.